The van der Waals surface area contributed by atoms with Gasteiger partial charge in [0.15, 0.2) is 6.61 Å². The summed E-state index contributed by atoms with van der Waals surface area (Å²) in [6, 6.07) is 4.45. The second kappa shape index (κ2) is 5.93. The van der Waals surface area contributed by atoms with Crippen LogP contribution in [0.25, 0.3) is 0 Å². The van der Waals surface area contributed by atoms with E-state index in [1.165, 1.54) is 18.2 Å². The van der Waals surface area contributed by atoms with Crippen molar-refractivity contribution in [1.29, 1.82) is 0 Å². The van der Waals surface area contributed by atoms with Crippen LogP contribution in [0.3, 0.4) is 0 Å². The first-order valence-electron chi connectivity index (χ1n) is 5.72. The third-order valence-electron chi connectivity index (χ3n) is 2.06. The summed E-state index contributed by atoms with van der Waals surface area (Å²) >= 11 is 5.86. The lowest BCUT2D eigenvalue weighted by Crippen LogP contribution is -2.42. The number of rotatable bonds is 3. The highest BCUT2D eigenvalue weighted by Crippen LogP contribution is 2.19. The summed E-state index contributed by atoms with van der Waals surface area (Å²) in [6.07, 6.45) is 0. The van der Waals surface area contributed by atoms with E-state index in [-0.39, 0.29) is 28.6 Å². The molecule has 0 aliphatic heterocycles. The molecule has 6 heteroatoms. The molecule has 1 amide bonds. The predicted octanol–water partition coefficient (Wildman–Crippen LogP) is 1.99. The van der Waals surface area contributed by atoms with Crippen LogP contribution in [0.5, 0.6) is 0 Å². The van der Waals surface area contributed by atoms with E-state index >= 15 is 0 Å². The molecule has 0 spiro atoms. The highest BCUT2D eigenvalue weighted by atomic mass is 35.5. The van der Waals surface area contributed by atoms with Gasteiger partial charge >= 0.3 is 5.97 Å². The van der Waals surface area contributed by atoms with Crippen molar-refractivity contribution < 1.29 is 14.3 Å². The second-order valence-electron chi connectivity index (χ2n) is 5.11. The summed E-state index contributed by atoms with van der Waals surface area (Å²) in [7, 11) is 0. The van der Waals surface area contributed by atoms with Crippen molar-refractivity contribution in [3.05, 3.63) is 28.8 Å². The molecular formula is C13H17ClN2O3. The maximum Gasteiger partial charge on any atom is 0.340 e. The largest absolute Gasteiger partial charge is 0.452 e. The Kier molecular flexibility index (Phi) is 4.78. The van der Waals surface area contributed by atoms with Crippen LogP contribution >= 0.6 is 11.6 Å². The van der Waals surface area contributed by atoms with Gasteiger partial charge in [0.2, 0.25) is 0 Å². The fraction of sp³-hybridized carbons (Fsp3) is 0.385. The number of nitrogens with two attached hydrogens (primary N) is 1. The molecule has 1 rings (SSSR count). The molecule has 19 heavy (non-hydrogen) atoms. The fourth-order valence-electron chi connectivity index (χ4n) is 1.36. The SMILES string of the molecule is CC(C)(C)NC(=O)COC(=O)c1ccc(N)cc1Cl. The van der Waals surface area contributed by atoms with Gasteiger partial charge in [-0.3, -0.25) is 4.79 Å². The number of nitrogens with one attached hydrogen (secondary N) is 1. The van der Waals surface area contributed by atoms with Crippen LogP contribution in [0.1, 0.15) is 31.1 Å². The highest BCUT2D eigenvalue weighted by molar-refractivity contribution is 6.33. The molecule has 0 fully saturated rings. The summed E-state index contributed by atoms with van der Waals surface area (Å²) in [6.45, 7) is 5.16. The molecule has 0 aromatic heterocycles. The lowest BCUT2D eigenvalue weighted by molar-refractivity contribution is -0.125. The van der Waals surface area contributed by atoms with Crippen LogP contribution in [0.15, 0.2) is 18.2 Å². The van der Waals surface area contributed by atoms with Gasteiger partial charge in [0.25, 0.3) is 5.91 Å². The Balaban J connectivity index is 2.59. The molecule has 0 bridgehead atoms. The third kappa shape index (κ3) is 5.18. The first-order valence-corrected chi connectivity index (χ1v) is 6.10. The number of benzene rings is 1. The number of esters is 1. The molecule has 0 saturated heterocycles. The van der Waals surface area contributed by atoms with Crippen molar-refractivity contribution in [3.63, 3.8) is 0 Å². The number of nitrogen functional groups attached to an aromatic ring is 1. The highest BCUT2D eigenvalue weighted by Gasteiger charge is 2.17. The van der Waals surface area contributed by atoms with E-state index < -0.39 is 5.97 Å². The minimum absolute atomic E-state index is 0.180. The van der Waals surface area contributed by atoms with Crippen molar-refractivity contribution in [2.24, 2.45) is 0 Å². The summed E-state index contributed by atoms with van der Waals surface area (Å²) in [4.78, 5) is 23.2. The Bertz CT molecular complexity index is 495. The van der Waals surface area contributed by atoms with Gasteiger partial charge in [0.1, 0.15) is 0 Å². The lowest BCUT2D eigenvalue weighted by Gasteiger charge is -2.20. The van der Waals surface area contributed by atoms with Crippen LogP contribution in [-0.2, 0) is 9.53 Å². The van der Waals surface area contributed by atoms with Gasteiger partial charge in [0, 0.05) is 11.2 Å². The number of hydrogen-bond donors (Lipinski definition) is 2. The maximum atomic E-state index is 11.7. The summed E-state index contributed by atoms with van der Waals surface area (Å²) in [5.41, 5.74) is 5.78. The third-order valence-corrected chi connectivity index (χ3v) is 2.37. The van der Waals surface area contributed by atoms with Gasteiger partial charge in [-0.15, -0.1) is 0 Å². The number of hydrogen-bond acceptors (Lipinski definition) is 4. The molecule has 3 N–H and O–H groups in total. The van der Waals surface area contributed by atoms with E-state index in [1.807, 2.05) is 20.8 Å². The zero-order chi connectivity index (χ0) is 14.6. The second-order valence-corrected chi connectivity index (χ2v) is 5.52. The number of carbonyl (C=O) groups excluding carboxylic acids is 2. The van der Waals surface area contributed by atoms with E-state index in [4.69, 9.17) is 22.1 Å². The lowest BCUT2D eigenvalue weighted by atomic mass is 10.1. The summed E-state index contributed by atoms with van der Waals surface area (Å²) < 4.78 is 4.88. The first-order chi connectivity index (χ1) is 8.69. The van der Waals surface area contributed by atoms with Gasteiger partial charge < -0.3 is 15.8 Å². The van der Waals surface area contributed by atoms with Gasteiger partial charge in [-0.25, -0.2) is 4.79 Å². The molecule has 1 aromatic carbocycles. The Morgan fingerprint density at radius 2 is 2.00 bits per heavy atom. The molecule has 0 saturated carbocycles. The number of carbonyl (C=O) groups is 2. The van der Waals surface area contributed by atoms with Crippen LogP contribution in [0.2, 0.25) is 5.02 Å². The fourth-order valence-corrected chi connectivity index (χ4v) is 1.63. The maximum absolute atomic E-state index is 11.7. The molecule has 0 atom stereocenters. The monoisotopic (exact) mass is 284 g/mol. The molecule has 0 aliphatic carbocycles. The molecule has 0 aliphatic rings. The van der Waals surface area contributed by atoms with E-state index in [2.05, 4.69) is 5.32 Å². The van der Waals surface area contributed by atoms with Crippen molar-refractivity contribution >= 4 is 29.2 Å². The van der Waals surface area contributed by atoms with Crippen molar-refractivity contribution in [3.8, 4) is 0 Å². The average Bonchev–Trinajstić information content (AvgIpc) is 2.23. The van der Waals surface area contributed by atoms with Gasteiger partial charge in [0.05, 0.1) is 10.6 Å². The molecule has 0 heterocycles. The van der Waals surface area contributed by atoms with E-state index in [0.29, 0.717) is 5.69 Å². The van der Waals surface area contributed by atoms with Gasteiger partial charge in [-0.05, 0) is 39.0 Å². The number of halogens is 1. The summed E-state index contributed by atoms with van der Waals surface area (Å²) in [5.74, 6) is -1.03. The quantitative estimate of drug-likeness (QED) is 0.657. The average molecular weight is 285 g/mol. The smallest absolute Gasteiger partial charge is 0.340 e. The molecule has 5 nitrogen and oxygen atoms in total. The van der Waals surface area contributed by atoms with Crippen molar-refractivity contribution in [2.75, 3.05) is 12.3 Å². The molecular weight excluding hydrogens is 268 g/mol. The Hall–Kier alpha value is -1.75. The number of ether oxygens (including phenoxy) is 1. The predicted molar refractivity (Wildman–Crippen MR) is 74.0 cm³/mol. The number of anilines is 1. The Morgan fingerprint density at radius 3 is 2.53 bits per heavy atom. The van der Waals surface area contributed by atoms with Gasteiger partial charge in [-0.1, -0.05) is 11.6 Å². The van der Waals surface area contributed by atoms with Gasteiger partial charge in [-0.2, -0.15) is 0 Å². The Labute approximate surface area is 117 Å². The van der Waals surface area contributed by atoms with Crippen LogP contribution < -0.4 is 11.1 Å². The standard InChI is InChI=1S/C13H17ClN2O3/c1-13(2,3)16-11(17)7-19-12(18)9-5-4-8(15)6-10(9)14/h4-6H,7,15H2,1-3H3,(H,16,17). The van der Waals surface area contributed by atoms with E-state index in [9.17, 15) is 9.59 Å². The van der Waals surface area contributed by atoms with Crippen LogP contribution in [0, 0.1) is 0 Å². The normalized spacial score (nSPS) is 10.9. The topological polar surface area (TPSA) is 81.4 Å². The minimum atomic E-state index is -0.658. The summed E-state index contributed by atoms with van der Waals surface area (Å²) in [5, 5.41) is 2.88. The van der Waals surface area contributed by atoms with Crippen LogP contribution in [-0.4, -0.2) is 24.0 Å². The van der Waals surface area contributed by atoms with E-state index in [1.54, 1.807) is 0 Å². The molecule has 1 aromatic rings. The van der Waals surface area contributed by atoms with E-state index in [0.717, 1.165) is 0 Å². The minimum Gasteiger partial charge on any atom is -0.452 e. The van der Waals surface area contributed by atoms with Crippen molar-refractivity contribution in [2.45, 2.75) is 26.3 Å². The first kappa shape index (κ1) is 15.3. The Morgan fingerprint density at radius 1 is 1.37 bits per heavy atom. The molecule has 0 radical (unpaired) electrons. The van der Waals surface area contributed by atoms with Crippen molar-refractivity contribution in [1.82, 2.24) is 5.32 Å². The molecule has 0 unspecified atom stereocenters. The number of amides is 1. The zero-order valence-electron chi connectivity index (χ0n) is 11.1. The van der Waals surface area contributed by atoms with Crippen LogP contribution in [0.4, 0.5) is 5.69 Å². The zero-order valence-corrected chi connectivity index (χ0v) is 11.9. The molecule has 104 valence electrons.